The Morgan fingerprint density at radius 2 is 1.45 bits per heavy atom. The van der Waals surface area contributed by atoms with Crippen molar-refractivity contribution in [3.05, 3.63) is 48.6 Å². The zero-order chi connectivity index (χ0) is 15.8. The Kier molecular flexibility index (Phi) is 6.73. The van der Waals surface area contributed by atoms with Crippen LogP contribution in [-0.4, -0.2) is 0 Å². The van der Waals surface area contributed by atoms with Crippen molar-refractivity contribution < 1.29 is 0 Å². The van der Waals surface area contributed by atoms with Crippen LogP contribution < -0.4 is 0 Å². The monoisotopic (exact) mass is 298 g/mol. The normalized spacial score (nSPS) is 21.8. The molecule has 0 aromatic heterocycles. The Hall–Kier alpha value is -1.04. The molecule has 0 amide bonds. The van der Waals surface area contributed by atoms with E-state index in [0.717, 1.165) is 5.92 Å². The number of hydrogen-bond donors (Lipinski definition) is 0. The fourth-order valence-corrected chi connectivity index (χ4v) is 4.14. The third-order valence-corrected chi connectivity index (χ3v) is 5.63. The first-order chi connectivity index (χ1) is 10.7. The van der Waals surface area contributed by atoms with Crippen LogP contribution >= 0.6 is 0 Å². The van der Waals surface area contributed by atoms with Crippen LogP contribution in [0, 0.1) is 23.2 Å². The molecule has 2 rings (SSSR count). The van der Waals surface area contributed by atoms with Gasteiger partial charge in [0.2, 0.25) is 0 Å². The molecule has 122 valence electrons. The van der Waals surface area contributed by atoms with E-state index in [-0.39, 0.29) is 0 Å². The van der Waals surface area contributed by atoms with E-state index in [4.69, 9.17) is 0 Å². The second-order valence-corrected chi connectivity index (χ2v) is 7.51. The maximum Gasteiger partial charge on any atom is 0.000674 e. The van der Waals surface area contributed by atoms with E-state index in [2.05, 4.69) is 69.4 Å². The smallest absolute Gasteiger partial charge is 0.000674 e. The van der Waals surface area contributed by atoms with E-state index in [1.807, 2.05) is 0 Å². The number of allylic oxidation sites excluding steroid dienone is 8. The van der Waals surface area contributed by atoms with Gasteiger partial charge in [-0.25, -0.2) is 0 Å². The molecule has 0 heteroatoms. The van der Waals surface area contributed by atoms with Crippen molar-refractivity contribution in [2.45, 2.75) is 65.7 Å². The highest BCUT2D eigenvalue weighted by Gasteiger charge is 2.35. The third-order valence-electron chi connectivity index (χ3n) is 5.63. The van der Waals surface area contributed by atoms with Crippen LogP contribution in [0.4, 0.5) is 0 Å². The van der Waals surface area contributed by atoms with Gasteiger partial charge in [-0.15, -0.1) is 0 Å². The van der Waals surface area contributed by atoms with E-state index < -0.39 is 0 Å². The van der Waals surface area contributed by atoms with Gasteiger partial charge in [-0.2, -0.15) is 0 Å². The summed E-state index contributed by atoms with van der Waals surface area (Å²) in [5.41, 5.74) is 0.419. The predicted molar refractivity (Wildman–Crippen MR) is 98.8 cm³/mol. The molecule has 0 aliphatic heterocycles. The highest BCUT2D eigenvalue weighted by Crippen LogP contribution is 2.45. The molecule has 0 radical (unpaired) electrons. The predicted octanol–water partition coefficient (Wildman–Crippen LogP) is 6.86. The first-order valence-corrected chi connectivity index (χ1v) is 9.39. The van der Waals surface area contributed by atoms with Crippen molar-refractivity contribution in [1.29, 1.82) is 0 Å². The summed E-state index contributed by atoms with van der Waals surface area (Å²) >= 11 is 0. The molecule has 0 aromatic rings. The van der Waals surface area contributed by atoms with E-state index in [1.165, 1.54) is 44.9 Å². The molecule has 2 unspecified atom stereocenters. The van der Waals surface area contributed by atoms with Crippen molar-refractivity contribution in [2.24, 2.45) is 23.2 Å². The van der Waals surface area contributed by atoms with E-state index in [1.54, 1.807) is 0 Å². The van der Waals surface area contributed by atoms with Gasteiger partial charge in [0.15, 0.2) is 0 Å². The zero-order valence-electron chi connectivity index (χ0n) is 14.8. The van der Waals surface area contributed by atoms with Crippen LogP contribution in [-0.2, 0) is 0 Å². The Balaban J connectivity index is 2.10. The Morgan fingerprint density at radius 3 is 2.05 bits per heavy atom. The highest BCUT2D eigenvalue weighted by molar-refractivity contribution is 5.22. The minimum atomic E-state index is 0.419. The molecule has 22 heavy (non-hydrogen) atoms. The number of rotatable bonds is 10. The standard InChI is InChI=1S/C22H34/c1-4-6-12-20(19-13-8-9-14-19)18-22(3,17-7-5-2)21-15-10-11-16-21/h8-11,13-16,19-21H,4-7,12,17-18H2,1-3H3. The molecule has 0 saturated heterocycles. The van der Waals surface area contributed by atoms with Crippen LogP contribution in [0.25, 0.3) is 0 Å². The van der Waals surface area contributed by atoms with Crippen molar-refractivity contribution in [3.63, 3.8) is 0 Å². The second-order valence-electron chi connectivity index (χ2n) is 7.51. The summed E-state index contributed by atoms with van der Waals surface area (Å²) < 4.78 is 0. The number of unbranched alkanes of at least 4 members (excludes halogenated alkanes) is 2. The zero-order valence-corrected chi connectivity index (χ0v) is 14.8. The second kappa shape index (κ2) is 8.56. The summed E-state index contributed by atoms with van der Waals surface area (Å²) in [6.45, 7) is 7.17. The van der Waals surface area contributed by atoms with E-state index in [9.17, 15) is 0 Å². The van der Waals surface area contributed by atoms with Gasteiger partial charge >= 0.3 is 0 Å². The maximum atomic E-state index is 2.54. The van der Waals surface area contributed by atoms with Crippen LogP contribution in [0.15, 0.2) is 48.6 Å². The van der Waals surface area contributed by atoms with Gasteiger partial charge in [-0.1, -0.05) is 95.1 Å². The summed E-state index contributed by atoms with van der Waals surface area (Å²) in [5, 5.41) is 0. The molecule has 0 nitrogen and oxygen atoms in total. The van der Waals surface area contributed by atoms with Gasteiger partial charge in [0, 0.05) is 5.92 Å². The molecular formula is C22H34. The fourth-order valence-electron chi connectivity index (χ4n) is 4.14. The topological polar surface area (TPSA) is 0 Å². The summed E-state index contributed by atoms with van der Waals surface area (Å²) in [6, 6.07) is 0. The van der Waals surface area contributed by atoms with Crippen molar-refractivity contribution in [2.75, 3.05) is 0 Å². The van der Waals surface area contributed by atoms with Gasteiger partial charge in [-0.05, 0) is 36.5 Å². The molecule has 2 aliphatic carbocycles. The molecule has 0 spiro atoms. The van der Waals surface area contributed by atoms with Crippen LogP contribution in [0.2, 0.25) is 0 Å². The summed E-state index contributed by atoms with van der Waals surface area (Å²) in [5.74, 6) is 2.11. The third kappa shape index (κ3) is 4.48. The van der Waals surface area contributed by atoms with Crippen LogP contribution in [0.1, 0.15) is 65.7 Å². The molecular weight excluding hydrogens is 264 g/mol. The maximum absolute atomic E-state index is 2.54. The van der Waals surface area contributed by atoms with Gasteiger partial charge in [0.1, 0.15) is 0 Å². The lowest BCUT2D eigenvalue weighted by Crippen LogP contribution is -2.29. The Morgan fingerprint density at radius 1 is 0.864 bits per heavy atom. The lowest BCUT2D eigenvalue weighted by atomic mass is 9.66. The lowest BCUT2D eigenvalue weighted by Gasteiger charge is -2.39. The minimum Gasteiger partial charge on any atom is -0.0773 e. The SMILES string of the molecule is CCCCC(CC(C)(CCCC)C1C=CC=C1)C1C=CC=C1. The van der Waals surface area contributed by atoms with Crippen LogP contribution in [0.3, 0.4) is 0 Å². The molecule has 0 bridgehead atoms. The largest absolute Gasteiger partial charge is 0.0773 e. The lowest BCUT2D eigenvalue weighted by molar-refractivity contribution is 0.159. The molecule has 0 heterocycles. The molecule has 2 atom stereocenters. The Labute approximate surface area is 138 Å². The number of hydrogen-bond acceptors (Lipinski definition) is 0. The van der Waals surface area contributed by atoms with Gasteiger partial charge in [0.25, 0.3) is 0 Å². The molecule has 2 aliphatic rings. The molecule has 0 aromatic carbocycles. The molecule has 0 fully saturated rings. The van der Waals surface area contributed by atoms with Crippen LogP contribution in [0.5, 0.6) is 0 Å². The molecule has 0 saturated carbocycles. The quantitative estimate of drug-likeness (QED) is 0.413. The van der Waals surface area contributed by atoms with Gasteiger partial charge in [-0.3, -0.25) is 0 Å². The first kappa shape index (κ1) is 17.3. The van der Waals surface area contributed by atoms with Gasteiger partial charge in [0.05, 0.1) is 0 Å². The fraction of sp³-hybridized carbons (Fsp3) is 0.636. The first-order valence-electron chi connectivity index (χ1n) is 9.39. The average molecular weight is 299 g/mol. The summed E-state index contributed by atoms with van der Waals surface area (Å²) in [6.07, 6.45) is 28.1. The van der Waals surface area contributed by atoms with Crippen molar-refractivity contribution in [3.8, 4) is 0 Å². The summed E-state index contributed by atoms with van der Waals surface area (Å²) in [4.78, 5) is 0. The average Bonchev–Trinajstić information content (AvgIpc) is 3.22. The highest BCUT2D eigenvalue weighted by atomic mass is 14.4. The molecule has 0 N–H and O–H groups in total. The van der Waals surface area contributed by atoms with E-state index >= 15 is 0 Å². The minimum absolute atomic E-state index is 0.419. The Bertz CT molecular complexity index is 413. The van der Waals surface area contributed by atoms with E-state index in [0.29, 0.717) is 17.3 Å². The van der Waals surface area contributed by atoms with Crippen molar-refractivity contribution >= 4 is 0 Å². The van der Waals surface area contributed by atoms with Crippen molar-refractivity contribution in [1.82, 2.24) is 0 Å². The summed E-state index contributed by atoms with van der Waals surface area (Å²) in [7, 11) is 0. The van der Waals surface area contributed by atoms with Gasteiger partial charge < -0.3 is 0 Å².